The van der Waals surface area contributed by atoms with Crippen molar-refractivity contribution in [2.75, 3.05) is 26.8 Å². The van der Waals surface area contributed by atoms with E-state index < -0.39 is 0 Å². The van der Waals surface area contributed by atoms with Gasteiger partial charge in [-0.1, -0.05) is 19.3 Å². The minimum absolute atomic E-state index is 0.0618. The minimum Gasteiger partial charge on any atom is -0.383 e. The van der Waals surface area contributed by atoms with Gasteiger partial charge in [-0.3, -0.25) is 9.59 Å². The van der Waals surface area contributed by atoms with Gasteiger partial charge in [-0.05, 0) is 12.8 Å². The van der Waals surface area contributed by atoms with E-state index >= 15 is 0 Å². The molecule has 1 aliphatic carbocycles. The van der Waals surface area contributed by atoms with Crippen molar-refractivity contribution in [1.29, 1.82) is 0 Å². The highest BCUT2D eigenvalue weighted by Gasteiger charge is 2.18. The van der Waals surface area contributed by atoms with Crippen molar-refractivity contribution >= 4 is 11.8 Å². The van der Waals surface area contributed by atoms with Gasteiger partial charge >= 0.3 is 0 Å². The van der Waals surface area contributed by atoms with E-state index in [1.54, 1.807) is 7.11 Å². The van der Waals surface area contributed by atoms with Gasteiger partial charge in [0.15, 0.2) is 0 Å². The quantitative estimate of drug-likeness (QED) is 0.769. The number of methoxy groups -OCH3 is 1. The zero-order chi connectivity index (χ0) is 13.4. The summed E-state index contributed by atoms with van der Waals surface area (Å²) < 4.78 is 4.93. The smallest absolute Gasteiger partial charge is 0.239 e. The lowest BCUT2D eigenvalue weighted by Crippen LogP contribution is -2.45. The minimum atomic E-state index is -0.0918. The summed E-state index contributed by atoms with van der Waals surface area (Å²) in [6, 6.07) is 0.294. The molecule has 0 heterocycles. The van der Waals surface area contributed by atoms with Crippen LogP contribution in [0.3, 0.4) is 0 Å². The average Bonchev–Trinajstić information content (AvgIpc) is 2.35. The van der Waals surface area contributed by atoms with E-state index in [1.807, 2.05) is 0 Å². The van der Waals surface area contributed by atoms with Crippen LogP contribution in [0.15, 0.2) is 0 Å². The monoisotopic (exact) mass is 256 g/mol. The molecule has 0 bridgehead atoms. The number of nitrogens with one attached hydrogen (secondary N) is 1. The van der Waals surface area contributed by atoms with E-state index in [1.165, 1.54) is 31.1 Å². The number of ether oxygens (including phenoxy) is 1. The third-order valence-corrected chi connectivity index (χ3v) is 3.32. The molecule has 0 unspecified atom stereocenters. The Hall–Kier alpha value is -1.10. The molecule has 0 saturated heterocycles. The Labute approximate surface area is 109 Å². The van der Waals surface area contributed by atoms with Crippen LogP contribution in [-0.2, 0) is 14.3 Å². The molecule has 5 heteroatoms. The molecule has 1 fully saturated rings. The molecule has 2 amide bonds. The van der Waals surface area contributed by atoms with Crippen LogP contribution in [0, 0.1) is 0 Å². The standard InChI is InChI=1S/C13H24N2O3/c1-11(16)15(8-9-18-2)10-13(17)14-12-6-4-3-5-7-12/h12H,3-10H2,1-2H3,(H,14,17). The topological polar surface area (TPSA) is 58.6 Å². The Kier molecular flexibility index (Phi) is 6.72. The summed E-state index contributed by atoms with van der Waals surface area (Å²) in [6.45, 7) is 2.53. The molecule has 0 aromatic rings. The lowest BCUT2D eigenvalue weighted by atomic mass is 9.95. The maximum Gasteiger partial charge on any atom is 0.239 e. The summed E-state index contributed by atoms with van der Waals surface area (Å²) in [7, 11) is 1.58. The van der Waals surface area contributed by atoms with Crippen molar-refractivity contribution in [3.05, 3.63) is 0 Å². The van der Waals surface area contributed by atoms with Crippen molar-refractivity contribution in [2.24, 2.45) is 0 Å². The number of carbonyl (C=O) groups is 2. The first-order valence-electron chi connectivity index (χ1n) is 6.67. The zero-order valence-electron chi connectivity index (χ0n) is 11.4. The summed E-state index contributed by atoms with van der Waals surface area (Å²) in [5, 5.41) is 3.01. The summed E-state index contributed by atoms with van der Waals surface area (Å²) in [6.07, 6.45) is 5.75. The molecule has 18 heavy (non-hydrogen) atoms. The predicted molar refractivity (Wildman–Crippen MR) is 69.1 cm³/mol. The van der Waals surface area contributed by atoms with Crippen LogP contribution in [0.4, 0.5) is 0 Å². The van der Waals surface area contributed by atoms with Crippen LogP contribution < -0.4 is 5.32 Å². The average molecular weight is 256 g/mol. The van der Waals surface area contributed by atoms with Gasteiger partial charge in [-0.25, -0.2) is 0 Å². The van der Waals surface area contributed by atoms with Gasteiger partial charge in [0.25, 0.3) is 0 Å². The van der Waals surface area contributed by atoms with Crippen LogP contribution in [0.5, 0.6) is 0 Å². The maximum atomic E-state index is 11.8. The van der Waals surface area contributed by atoms with Gasteiger partial charge in [0.2, 0.25) is 11.8 Å². The van der Waals surface area contributed by atoms with Crippen molar-refractivity contribution in [2.45, 2.75) is 45.1 Å². The highest BCUT2D eigenvalue weighted by Crippen LogP contribution is 2.17. The fourth-order valence-electron chi connectivity index (χ4n) is 2.24. The molecule has 0 aromatic heterocycles. The van der Waals surface area contributed by atoms with Gasteiger partial charge in [-0.15, -0.1) is 0 Å². The van der Waals surface area contributed by atoms with Crippen LogP contribution in [0.1, 0.15) is 39.0 Å². The molecular weight excluding hydrogens is 232 g/mol. The summed E-state index contributed by atoms with van der Waals surface area (Å²) in [5.74, 6) is -0.154. The van der Waals surface area contributed by atoms with E-state index in [4.69, 9.17) is 4.74 Å². The second-order valence-corrected chi connectivity index (χ2v) is 4.84. The lowest BCUT2D eigenvalue weighted by molar-refractivity contribution is -0.135. The fourth-order valence-corrected chi connectivity index (χ4v) is 2.24. The molecule has 1 rings (SSSR count). The largest absolute Gasteiger partial charge is 0.383 e. The van der Waals surface area contributed by atoms with E-state index in [2.05, 4.69) is 5.32 Å². The van der Waals surface area contributed by atoms with Crippen molar-refractivity contribution in [1.82, 2.24) is 10.2 Å². The number of nitrogens with zero attached hydrogens (tertiary/aromatic N) is 1. The highest BCUT2D eigenvalue weighted by atomic mass is 16.5. The van der Waals surface area contributed by atoms with Crippen LogP contribution in [-0.4, -0.2) is 49.6 Å². The third-order valence-electron chi connectivity index (χ3n) is 3.32. The van der Waals surface area contributed by atoms with Gasteiger partial charge in [0.1, 0.15) is 0 Å². The first kappa shape index (κ1) is 15.0. The fraction of sp³-hybridized carbons (Fsp3) is 0.846. The second kappa shape index (κ2) is 8.08. The zero-order valence-corrected chi connectivity index (χ0v) is 11.4. The Morgan fingerprint density at radius 2 is 1.94 bits per heavy atom. The molecule has 0 radical (unpaired) electrons. The maximum absolute atomic E-state index is 11.8. The van der Waals surface area contributed by atoms with Crippen molar-refractivity contribution in [3.63, 3.8) is 0 Å². The summed E-state index contributed by atoms with van der Waals surface area (Å²) in [5.41, 5.74) is 0. The molecule has 0 spiro atoms. The highest BCUT2D eigenvalue weighted by molar-refractivity contribution is 5.83. The van der Waals surface area contributed by atoms with Gasteiger partial charge in [0.05, 0.1) is 13.2 Å². The molecular formula is C13H24N2O3. The summed E-state index contributed by atoms with van der Waals surface area (Å²) in [4.78, 5) is 24.7. The van der Waals surface area contributed by atoms with E-state index in [0.717, 1.165) is 12.8 Å². The van der Waals surface area contributed by atoms with E-state index in [0.29, 0.717) is 19.2 Å². The van der Waals surface area contributed by atoms with Crippen LogP contribution >= 0.6 is 0 Å². The normalized spacial score (nSPS) is 16.3. The van der Waals surface area contributed by atoms with E-state index in [-0.39, 0.29) is 18.4 Å². The lowest BCUT2D eigenvalue weighted by Gasteiger charge is -2.25. The predicted octanol–water partition coefficient (Wildman–Crippen LogP) is 0.930. The first-order chi connectivity index (χ1) is 8.63. The van der Waals surface area contributed by atoms with Gasteiger partial charge < -0.3 is 15.0 Å². The Bertz CT molecular complexity index is 275. The number of amides is 2. The molecule has 0 aliphatic heterocycles. The molecule has 1 aliphatic rings. The molecule has 5 nitrogen and oxygen atoms in total. The van der Waals surface area contributed by atoms with Crippen molar-refractivity contribution in [3.8, 4) is 0 Å². The van der Waals surface area contributed by atoms with Gasteiger partial charge in [0, 0.05) is 26.6 Å². The van der Waals surface area contributed by atoms with Crippen LogP contribution in [0.25, 0.3) is 0 Å². The molecule has 1 saturated carbocycles. The Morgan fingerprint density at radius 3 is 2.50 bits per heavy atom. The second-order valence-electron chi connectivity index (χ2n) is 4.84. The summed E-state index contributed by atoms with van der Waals surface area (Å²) >= 11 is 0. The van der Waals surface area contributed by atoms with E-state index in [9.17, 15) is 9.59 Å². The first-order valence-corrected chi connectivity index (χ1v) is 6.67. The SMILES string of the molecule is COCCN(CC(=O)NC1CCCCC1)C(C)=O. The molecule has 104 valence electrons. The molecule has 1 N–H and O–H groups in total. The number of carbonyl (C=O) groups excluding carboxylic acids is 2. The molecule has 0 atom stereocenters. The number of hydrogen-bond acceptors (Lipinski definition) is 3. The third kappa shape index (κ3) is 5.49. The van der Waals surface area contributed by atoms with Crippen molar-refractivity contribution < 1.29 is 14.3 Å². The number of hydrogen-bond donors (Lipinski definition) is 1. The molecule has 0 aromatic carbocycles. The Morgan fingerprint density at radius 1 is 1.28 bits per heavy atom. The van der Waals surface area contributed by atoms with Crippen LogP contribution in [0.2, 0.25) is 0 Å². The Balaban J connectivity index is 2.32. The number of rotatable bonds is 6. The van der Waals surface area contributed by atoms with Gasteiger partial charge in [-0.2, -0.15) is 0 Å².